The Morgan fingerprint density at radius 1 is 0.418 bits per heavy atom. The van der Waals surface area contributed by atoms with Gasteiger partial charge in [0.25, 0.3) is 0 Å². The average Bonchev–Trinajstić information content (AvgIpc) is 3.17. The molecule has 0 aromatic carbocycles. The summed E-state index contributed by atoms with van der Waals surface area (Å²) in [4.78, 5) is 30.8. The lowest BCUT2D eigenvalue weighted by Gasteiger charge is -2.33. The smallest absolute Gasteiger partial charge is 0.305 e. The molecule has 1 atom stereocenters. The Bertz CT molecular complexity index is 786. The van der Waals surface area contributed by atoms with Gasteiger partial charge in [0, 0.05) is 32.0 Å². The van der Waals surface area contributed by atoms with Crippen LogP contribution in [0.25, 0.3) is 0 Å². The van der Waals surface area contributed by atoms with Crippen molar-refractivity contribution in [2.45, 2.75) is 271 Å². The van der Waals surface area contributed by atoms with E-state index in [1.165, 1.54) is 180 Å². The van der Waals surface area contributed by atoms with Crippen molar-refractivity contribution < 1.29 is 14.3 Å². The molecule has 1 unspecified atom stereocenters. The molecule has 5 heteroatoms. The highest BCUT2D eigenvalue weighted by molar-refractivity contribution is 5.76. The summed E-state index contributed by atoms with van der Waals surface area (Å²) in [7, 11) is 4.23. The number of hydrogen-bond donors (Lipinski definition) is 0. The molecule has 0 aromatic rings. The van der Waals surface area contributed by atoms with Gasteiger partial charge in [-0.05, 0) is 58.5 Å². The molecule has 0 rings (SSSR count). The summed E-state index contributed by atoms with van der Waals surface area (Å²) < 4.78 is 5.72. The summed E-state index contributed by atoms with van der Waals surface area (Å²) in [6, 6.07) is 0.320. The highest BCUT2D eigenvalue weighted by atomic mass is 16.5. The number of carbonyl (C=O) groups is 2. The number of esters is 1. The van der Waals surface area contributed by atoms with Crippen molar-refractivity contribution in [2.75, 3.05) is 33.8 Å². The predicted octanol–water partition coefficient (Wildman–Crippen LogP) is 15.4. The first kappa shape index (κ1) is 53.9. The Kier molecular flexibility index (Phi) is 41.7. The largest absolute Gasteiger partial charge is 0.466 e. The Labute approximate surface area is 346 Å². The van der Waals surface area contributed by atoms with Crippen LogP contribution in [0.5, 0.6) is 0 Å². The number of rotatable bonds is 44. The Morgan fingerprint density at radius 2 is 0.782 bits per heavy atom. The van der Waals surface area contributed by atoms with E-state index in [0.29, 0.717) is 31.4 Å². The molecule has 0 saturated heterocycles. The van der Waals surface area contributed by atoms with Crippen LogP contribution in [0, 0.1) is 5.92 Å². The standard InChI is InChI=1S/C50H100N2O3/c1-7-11-15-19-22-23-27-31-40-48(52(45-44-51(5)6)49(53)42-33-24-18-14-10-4)41-32-28-34-43-50(54)55-46-36-35-39-47(37-29-25-20-16-12-8-2)38-30-26-21-17-13-9-3/h47-48H,7-46H2,1-6H3. The van der Waals surface area contributed by atoms with Gasteiger partial charge < -0.3 is 14.5 Å². The first-order valence-electron chi connectivity index (χ1n) is 25.0. The second kappa shape index (κ2) is 42.5. The van der Waals surface area contributed by atoms with E-state index in [1.807, 2.05) is 0 Å². The highest BCUT2D eigenvalue weighted by Crippen LogP contribution is 2.25. The lowest BCUT2D eigenvalue weighted by molar-refractivity contribution is -0.143. The molecule has 0 aliphatic rings. The van der Waals surface area contributed by atoms with Crippen molar-refractivity contribution in [3.8, 4) is 0 Å². The number of ether oxygens (including phenoxy) is 1. The molecule has 55 heavy (non-hydrogen) atoms. The molecule has 5 nitrogen and oxygen atoms in total. The van der Waals surface area contributed by atoms with Crippen LogP contribution in [0.3, 0.4) is 0 Å². The van der Waals surface area contributed by atoms with Gasteiger partial charge in [-0.3, -0.25) is 9.59 Å². The van der Waals surface area contributed by atoms with Gasteiger partial charge in [0.1, 0.15) is 0 Å². The molecule has 0 spiro atoms. The number of amides is 1. The molecule has 0 N–H and O–H groups in total. The fraction of sp³-hybridized carbons (Fsp3) is 0.960. The van der Waals surface area contributed by atoms with Crippen molar-refractivity contribution in [2.24, 2.45) is 5.92 Å². The van der Waals surface area contributed by atoms with Crippen LogP contribution < -0.4 is 0 Å². The lowest BCUT2D eigenvalue weighted by Crippen LogP contribution is -2.44. The molecule has 0 aliphatic heterocycles. The SMILES string of the molecule is CCCCCCCCCCC(CCCCCC(=O)OCCCCC(CCCCCCCC)CCCCCCCC)N(CCN(C)C)C(=O)CCCCCCC. The minimum absolute atomic E-state index is 0.0166. The molecule has 0 saturated carbocycles. The number of nitrogens with zero attached hydrogens (tertiary/aromatic N) is 2. The Balaban J connectivity index is 4.75. The zero-order valence-electron chi connectivity index (χ0n) is 38.6. The quantitative estimate of drug-likeness (QED) is 0.0457. The van der Waals surface area contributed by atoms with E-state index >= 15 is 0 Å². The maximum Gasteiger partial charge on any atom is 0.305 e. The van der Waals surface area contributed by atoms with Crippen LogP contribution >= 0.6 is 0 Å². The van der Waals surface area contributed by atoms with Gasteiger partial charge in [-0.25, -0.2) is 0 Å². The summed E-state index contributed by atoms with van der Waals surface area (Å²) >= 11 is 0. The maximum absolute atomic E-state index is 13.7. The fourth-order valence-electron chi connectivity index (χ4n) is 8.29. The second-order valence-electron chi connectivity index (χ2n) is 17.8. The van der Waals surface area contributed by atoms with E-state index in [4.69, 9.17) is 4.74 Å². The van der Waals surface area contributed by atoms with E-state index in [1.54, 1.807) is 0 Å². The van der Waals surface area contributed by atoms with Crippen molar-refractivity contribution >= 4 is 11.9 Å². The van der Waals surface area contributed by atoms with Crippen molar-refractivity contribution in [1.29, 1.82) is 0 Å². The van der Waals surface area contributed by atoms with Crippen molar-refractivity contribution in [1.82, 2.24) is 9.80 Å². The van der Waals surface area contributed by atoms with Crippen LogP contribution in [0.1, 0.15) is 265 Å². The van der Waals surface area contributed by atoms with Crippen LogP contribution in [0.2, 0.25) is 0 Å². The van der Waals surface area contributed by atoms with Gasteiger partial charge >= 0.3 is 5.97 Å². The molecule has 0 fully saturated rings. The minimum atomic E-state index is -0.0166. The first-order valence-corrected chi connectivity index (χ1v) is 25.0. The van der Waals surface area contributed by atoms with Crippen LogP contribution in [-0.4, -0.2) is 61.5 Å². The molecular weight excluding hydrogens is 677 g/mol. The summed E-state index contributed by atoms with van der Waals surface area (Å²) in [5.74, 6) is 1.20. The first-order chi connectivity index (χ1) is 26.9. The van der Waals surface area contributed by atoms with Crippen molar-refractivity contribution in [3.05, 3.63) is 0 Å². The molecule has 328 valence electrons. The lowest BCUT2D eigenvalue weighted by atomic mass is 9.90. The van der Waals surface area contributed by atoms with E-state index < -0.39 is 0 Å². The highest BCUT2D eigenvalue weighted by Gasteiger charge is 2.23. The number of likely N-dealkylation sites (N-methyl/N-ethyl adjacent to an activating group) is 1. The van der Waals surface area contributed by atoms with Crippen LogP contribution in [0.4, 0.5) is 0 Å². The van der Waals surface area contributed by atoms with E-state index in [-0.39, 0.29) is 5.97 Å². The summed E-state index contributed by atoms with van der Waals surface area (Å²) in [6.45, 7) is 11.5. The fourth-order valence-corrected chi connectivity index (χ4v) is 8.29. The molecular formula is C50H100N2O3. The van der Waals surface area contributed by atoms with Gasteiger partial charge in [0.15, 0.2) is 0 Å². The third kappa shape index (κ3) is 37.0. The molecule has 1 amide bonds. The Morgan fingerprint density at radius 3 is 1.24 bits per heavy atom. The maximum atomic E-state index is 13.7. The van der Waals surface area contributed by atoms with E-state index in [9.17, 15) is 9.59 Å². The average molecular weight is 777 g/mol. The summed E-state index contributed by atoms with van der Waals surface area (Å²) in [5.41, 5.74) is 0. The topological polar surface area (TPSA) is 49.9 Å². The van der Waals surface area contributed by atoms with E-state index in [0.717, 1.165) is 64.0 Å². The zero-order valence-corrected chi connectivity index (χ0v) is 38.6. The molecule has 0 radical (unpaired) electrons. The van der Waals surface area contributed by atoms with Gasteiger partial charge in [0.05, 0.1) is 6.61 Å². The van der Waals surface area contributed by atoms with Crippen LogP contribution in [-0.2, 0) is 14.3 Å². The third-order valence-corrected chi connectivity index (χ3v) is 12.1. The summed E-state index contributed by atoms with van der Waals surface area (Å²) in [6.07, 6.45) is 45.8. The monoisotopic (exact) mass is 777 g/mol. The van der Waals surface area contributed by atoms with Crippen LogP contribution in [0.15, 0.2) is 0 Å². The van der Waals surface area contributed by atoms with Gasteiger partial charge in [-0.15, -0.1) is 0 Å². The van der Waals surface area contributed by atoms with Gasteiger partial charge in [-0.1, -0.05) is 214 Å². The molecule has 0 bridgehead atoms. The molecule has 0 aliphatic carbocycles. The van der Waals surface area contributed by atoms with Gasteiger partial charge in [0.2, 0.25) is 5.91 Å². The zero-order chi connectivity index (χ0) is 40.5. The number of carbonyl (C=O) groups excluding carboxylic acids is 2. The summed E-state index contributed by atoms with van der Waals surface area (Å²) in [5, 5.41) is 0. The minimum Gasteiger partial charge on any atom is -0.466 e. The second-order valence-corrected chi connectivity index (χ2v) is 17.8. The number of unbranched alkanes of at least 4 members (excludes halogenated alkanes) is 24. The van der Waals surface area contributed by atoms with Gasteiger partial charge in [-0.2, -0.15) is 0 Å². The number of hydrogen-bond acceptors (Lipinski definition) is 4. The third-order valence-electron chi connectivity index (χ3n) is 12.1. The van der Waals surface area contributed by atoms with Crippen molar-refractivity contribution in [3.63, 3.8) is 0 Å². The molecule has 0 aromatic heterocycles. The predicted molar refractivity (Wildman–Crippen MR) is 242 cm³/mol. The van der Waals surface area contributed by atoms with E-state index in [2.05, 4.69) is 51.6 Å². The normalized spacial score (nSPS) is 12.2. The Hall–Kier alpha value is -1.10. The molecule has 0 heterocycles.